The first kappa shape index (κ1) is 15.0. The highest BCUT2D eigenvalue weighted by molar-refractivity contribution is 4.90. The van der Waals surface area contributed by atoms with Crippen molar-refractivity contribution in [1.29, 1.82) is 0 Å². The number of aliphatic hydroxyl groups is 2. The van der Waals surface area contributed by atoms with Crippen LogP contribution in [0.1, 0.15) is 53.4 Å². The fourth-order valence-corrected chi connectivity index (χ4v) is 3.90. The lowest BCUT2D eigenvalue weighted by Gasteiger charge is -2.44. The van der Waals surface area contributed by atoms with Crippen molar-refractivity contribution >= 4 is 0 Å². The van der Waals surface area contributed by atoms with Gasteiger partial charge in [-0.05, 0) is 42.4 Å². The normalized spacial score (nSPS) is 36.2. The molecule has 0 amide bonds. The molecule has 5 atom stereocenters. The molecule has 0 spiro atoms. The summed E-state index contributed by atoms with van der Waals surface area (Å²) in [5.41, 5.74) is 0. The Labute approximate surface area is 106 Å². The summed E-state index contributed by atoms with van der Waals surface area (Å²) in [4.78, 5) is 0. The van der Waals surface area contributed by atoms with Crippen molar-refractivity contribution in [2.45, 2.75) is 59.5 Å². The van der Waals surface area contributed by atoms with Crippen LogP contribution < -0.4 is 0 Å². The largest absolute Gasteiger partial charge is 0.396 e. The molecule has 2 nitrogen and oxygen atoms in total. The molecule has 0 aromatic heterocycles. The fourth-order valence-electron chi connectivity index (χ4n) is 3.90. The van der Waals surface area contributed by atoms with Crippen LogP contribution in [0.5, 0.6) is 0 Å². The first-order valence-electron chi connectivity index (χ1n) is 7.33. The minimum atomic E-state index is -0.216. The maximum atomic E-state index is 10.3. The van der Waals surface area contributed by atoms with E-state index in [9.17, 15) is 10.2 Å². The van der Waals surface area contributed by atoms with Crippen molar-refractivity contribution in [2.75, 3.05) is 6.61 Å². The molecule has 1 rings (SSSR count). The molecule has 0 aliphatic heterocycles. The van der Waals surface area contributed by atoms with E-state index in [1.165, 1.54) is 19.3 Å². The van der Waals surface area contributed by atoms with Crippen LogP contribution in [0.25, 0.3) is 0 Å². The zero-order valence-corrected chi connectivity index (χ0v) is 11.9. The maximum absolute atomic E-state index is 10.3. The zero-order valence-electron chi connectivity index (χ0n) is 11.9. The lowest BCUT2D eigenvalue weighted by molar-refractivity contribution is -0.0486. The van der Waals surface area contributed by atoms with E-state index in [2.05, 4.69) is 27.7 Å². The van der Waals surface area contributed by atoms with Crippen LogP contribution in [-0.4, -0.2) is 22.9 Å². The van der Waals surface area contributed by atoms with Gasteiger partial charge in [0.1, 0.15) is 0 Å². The van der Waals surface area contributed by atoms with Gasteiger partial charge in [0.05, 0.1) is 6.10 Å². The van der Waals surface area contributed by atoms with Gasteiger partial charge in [-0.15, -0.1) is 0 Å². The summed E-state index contributed by atoms with van der Waals surface area (Å²) in [6.07, 6.45) is 4.29. The topological polar surface area (TPSA) is 40.5 Å². The molecule has 1 aliphatic carbocycles. The molecule has 1 saturated carbocycles. The van der Waals surface area contributed by atoms with Gasteiger partial charge in [-0.2, -0.15) is 0 Å². The van der Waals surface area contributed by atoms with Crippen LogP contribution in [-0.2, 0) is 0 Å². The van der Waals surface area contributed by atoms with Crippen molar-refractivity contribution in [2.24, 2.45) is 29.6 Å². The Morgan fingerprint density at radius 2 is 1.76 bits per heavy atom. The molecule has 5 unspecified atom stereocenters. The van der Waals surface area contributed by atoms with Crippen LogP contribution in [0, 0.1) is 29.6 Å². The van der Waals surface area contributed by atoms with E-state index < -0.39 is 0 Å². The second-order valence-corrected chi connectivity index (χ2v) is 6.12. The second-order valence-electron chi connectivity index (χ2n) is 6.12. The van der Waals surface area contributed by atoms with Gasteiger partial charge in [0.15, 0.2) is 0 Å². The van der Waals surface area contributed by atoms with Crippen LogP contribution >= 0.6 is 0 Å². The molecule has 102 valence electrons. The maximum Gasteiger partial charge on any atom is 0.0577 e. The molecule has 0 radical (unpaired) electrons. The molecule has 0 bridgehead atoms. The highest BCUT2D eigenvalue weighted by Gasteiger charge is 2.40. The number of hydrogen-bond acceptors (Lipinski definition) is 2. The Morgan fingerprint density at radius 1 is 1.18 bits per heavy atom. The monoisotopic (exact) mass is 242 g/mol. The molecular weight excluding hydrogens is 212 g/mol. The average Bonchev–Trinajstić information content (AvgIpc) is 2.29. The van der Waals surface area contributed by atoms with E-state index in [1.807, 2.05) is 0 Å². The van der Waals surface area contributed by atoms with Gasteiger partial charge in [-0.1, -0.05) is 40.5 Å². The average molecular weight is 242 g/mol. The third-order valence-corrected chi connectivity index (χ3v) is 4.86. The Hall–Kier alpha value is -0.0800. The molecule has 1 aliphatic rings. The van der Waals surface area contributed by atoms with Gasteiger partial charge in [0.2, 0.25) is 0 Å². The Bertz CT molecular complexity index is 213. The van der Waals surface area contributed by atoms with Gasteiger partial charge in [0.25, 0.3) is 0 Å². The minimum absolute atomic E-state index is 0.201. The van der Waals surface area contributed by atoms with Gasteiger partial charge in [-0.25, -0.2) is 0 Å². The van der Waals surface area contributed by atoms with Gasteiger partial charge >= 0.3 is 0 Å². The van der Waals surface area contributed by atoms with Crippen molar-refractivity contribution in [1.82, 2.24) is 0 Å². The van der Waals surface area contributed by atoms with Gasteiger partial charge in [0, 0.05) is 6.61 Å². The number of rotatable bonds is 5. The highest BCUT2D eigenvalue weighted by Crippen LogP contribution is 2.43. The van der Waals surface area contributed by atoms with E-state index in [0.29, 0.717) is 23.7 Å². The van der Waals surface area contributed by atoms with Crippen LogP contribution in [0.4, 0.5) is 0 Å². The van der Waals surface area contributed by atoms with Crippen molar-refractivity contribution < 1.29 is 10.2 Å². The summed E-state index contributed by atoms with van der Waals surface area (Å²) >= 11 is 0. The number of aliphatic hydroxyl groups excluding tert-OH is 2. The Morgan fingerprint density at radius 3 is 2.24 bits per heavy atom. The standard InChI is InChI=1S/C15H30O2/c1-5-12(6-2)13-7-10(3)8-14(17)15(13)11(4)9-16/h10-17H,5-9H2,1-4H3. The lowest BCUT2D eigenvalue weighted by Crippen LogP contribution is -2.43. The predicted molar refractivity (Wildman–Crippen MR) is 71.7 cm³/mol. The van der Waals surface area contributed by atoms with Gasteiger partial charge in [-0.3, -0.25) is 0 Å². The van der Waals surface area contributed by atoms with Crippen molar-refractivity contribution in [3.05, 3.63) is 0 Å². The lowest BCUT2D eigenvalue weighted by atomic mass is 9.63. The first-order chi connectivity index (χ1) is 8.04. The molecule has 0 aromatic carbocycles. The zero-order chi connectivity index (χ0) is 13.0. The van der Waals surface area contributed by atoms with Gasteiger partial charge < -0.3 is 10.2 Å². The molecule has 0 saturated heterocycles. The predicted octanol–water partition coefficient (Wildman–Crippen LogP) is 3.07. The van der Waals surface area contributed by atoms with E-state index in [0.717, 1.165) is 6.42 Å². The third-order valence-electron chi connectivity index (χ3n) is 4.86. The Balaban J connectivity index is 2.85. The first-order valence-corrected chi connectivity index (χ1v) is 7.33. The summed E-state index contributed by atoms with van der Waals surface area (Å²) < 4.78 is 0. The van der Waals surface area contributed by atoms with Crippen LogP contribution in [0.3, 0.4) is 0 Å². The summed E-state index contributed by atoms with van der Waals surface area (Å²) in [6.45, 7) is 9.03. The summed E-state index contributed by atoms with van der Waals surface area (Å²) in [5, 5.41) is 19.7. The molecular formula is C15H30O2. The fraction of sp³-hybridized carbons (Fsp3) is 1.00. The molecule has 1 fully saturated rings. The summed E-state index contributed by atoms with van der Waals surface area (Å²) in [6, 6.07) is 0. The van der Waals surface area contributed by atoms with E-state index >= 15 is 0 Å². The third kappa shape index (κ3) is 3.45. The van der Waals surface area contributed by atoms with E-state index in [1.54, 1.807) is 0 Å². The van der Waals surface area contributed by atoms with Crippen molar-refractivity contribution in [3.8, 4) is 0 Å². The summed E-state index contributed by atoms with van der Waals surface area (Å²) in [5.74, 6) is 2.43. The van der Waals surface area contributed by atoms with Crippen LogP contribution in [0.2, 0.25) is 0 Å². The summed E-state index contributed by atoms with van der Waals surface area (Å²) in [7, 11) is 0. The molecule has 0 heterocycles. The highest BCUT2D eigenvalue weighted by atomic mass is 16.3. The van der Waals surface area contributed by atoms with Crippen LogP contribution in [0.15, 0.2) is 0 Å². The number of hydrogen-bond donors (Lipinski definition) is 2. The Kier molecular flexibility index (Phi) is 5.94. The molecule has 17 heavy (non-hydrogen) atoms. The van der Waals surface area contributed by atoms with Crippen molar-refractivity contribution in [3.63, 3.8) is 0 Å². The smallest absolute Gasteiger partial charge is 0.0577 e. The minimum Gasteiger partial charge on any atom is -0.396 e. The molecule has 2 N–H and O–H groups in total. The molecule has 2 heteroatoms. The SMILES string of the molecule is CCC(CC)C1CC(C)CC(O)C1C(C)CO. The van der Waals surface area contributed by atoms with E-state index in [-0.39, 0.29) is 18.6 Å². The van der Waals surface area contributed by atoms with E-state index in [4.69, 9.17) is 0 Å². The quantitative estimate of drug-likeness (QED) is 0.778. The second kappa shape index (κ2) is 6.75. The molecule has 0 aromatic rings.